The first-order valence-corrected chi connectivity index (χ1v) is 6.80. The lowest BCUT2D eigenvalue weighted by atomic mass is 10.1. The molecule has 2 rings (SSSR count). The van der Waals surface area contributed by atoms with Crippen LogP contribution < -0.4 is 5.56 Å². The minimum Gasteiger partial charge on any atom is -0.268 e. The number of benzene rings is 1. The van der Waals surface area contributed by atoms with Crippen molar-refractivity contribution in [1.82, 2.24) is 10.2 Å². The number of H-pyrrole nitrogens is 1. The first-order valence-electron chi connectivity index (χ1n) is 5.57. The van der Waals surface area contributed by atoms with Crippen LogP contribution in [0.1, 0.15) is 16.8 Å². The maximum absolute atomic E-state index is 11.0. The summed E-state index contributed by atoms with van der Waals surface area (Å²) in [6, 6.07) is 9.82. The van der Waals surface area contributed by atoms with Crippen molar-refractivity contribution in [2.45, 2.75) is 11.8 Å². The smallest absolute Gasteiger partial charge is 0.264 e. The van der Waals surface area contributed by atoms with E-state index >= 15 is 0 Å². The highest BCUT2D eigenvalue weighted by Gasteiger charge is 1.96. The number of rotatable bonds is 3. The minimum atomic E-state index is -0.172. The maximum Gasteiger partial charge on any atom is 0.264 e. The Bertz CT molecular complexity index is 614. The fourth-order valence-electron chi connectivity index (χ4n) is 1.57. The number of hydrogen-bond acceptors (Lipinski definition) is 3. The average molecular weight is 258 g/mol. The second-order valence-corrected chi connectivity index (χ2v) is 4.79. The van der Waals surface area contributed by atoms with Crippen LogP contribution >= 0.6 is 11.8 Å². The number of nitrogens with one attached hydrogen (secondary N) is 1. The second kappa shape index (κ2) is 5.69. The van der Waals surface area contributed by atoms with Crippen LogP contribution in [0, 0.1) is 6.92 Å². The summed E-state index contributed by atoms with van der Waals surface area (Å²) in [6.07, 6.45) is 5.94. The van der Waals surface area contributed by atoms with Crippen molar-refractivity contribution in [3.05, 3.63) is 57.5 Å². The number of thioether (sulfide) groups is 1. The van der Waals surface area contributed by atoms with Gasteiger partial charge in [-0.3, -0.25) is 4.79 Å². The summed E-state index contributed by atoms with van der Waals surface area (Å²) in [6.45, 7) is 1.87. The molecule has 2 aromatic rings. The molecule has 0 saturated carbocycles. The fraction of sp³-hybridized carbons (Fsp3) is 0.143. The molecule has 0 aliphatic carbocycles. The lowest BCUT2D eigenvalue weighted by molar-refractivity contribution is 0.961. The molecule has 18 heavy (non-hydrogen) atoms. The minimum absolute atomic E-state index is 0.172. The van der Waals surface area contributed by atoms with Crippen LogP contribution in [0.4, 0.5) is 0 Å². The van der Waals surface area contributed by atoms with Crippen molar-refractivity contribution in [2.24, 2.45) is 0 Å². The summed E-state index contributed by atoms with van der Waals surface area (Å²) in [5, 5.41) is 6.43. The summed E-state index contributed by atoms with van der Waals surface area (Å²) in [5.74, 6) is 0. The molecule has 1 N–H and O–H groups in total. The molecular formula is C14H14N2OS. The first-order chi connectivity index (χ1) is 8.69. The number of aromatic amines is 1. The number of aryl methyl sites for hydroxylation is 1. The molecule has 0 amide bonds. The number of hydrogen-bond donors (Lipinski definition) is 1. The Morgan fingerprint density at radius 3 is 2.56 bits per heavy atom. The van der Waals surface area contributed by atoms with Gasteiger partial charge in [0, 0.05) is 11.0 Å². The zero-order chi connectivity index (χ0) is 13.0. The van der Waals surface area contributed by atoms with Crippen molar-refractivity contribution < 1.29 is 0 Å². The zero-order valence-electron chi connectivity index (χ0n) is 10.3. The maximum atomic E-state index is 11.0. The Balaban J connectivity index is 2.21. The van der Waals surface area contributed by atoms with Gasteiger partial charge in [-0.1, -0.05) is 18.2 Å². The van der Waals surface area contributed by atoms with E-state index < -0.39 is 0 Å². The Hall–Kier alpha value is -1.81. The van der Waals surface area contributed by atoms with Crippen LogP contribution in [-0.4, -0.2) is 16.5 Å². The molecular weight excluding hydrogens is 244 g/mol. The SMILES string of the molecule is CSc1ccc(C=Cc2n[nH]c(=O)cc2C)cc1. The highest BCUT2D eigenvalue weighted by atomic mass is 32.2. The van der Waals surface area contributed by atoms with Crippen LogP contribution in [0.5, 0.6) is 0 Å². The molecule has 1 heterocycles. The molecule has 1 aromatic heterocycles. The molecule has 0 bridgehead atoms. The van der Waals surface area contributed by atoms with Gasteiger partial charge in [0.25, 0.3) is 5.56 Å². The summed E-state index contributed by atoms with van der Waals surface area (Å²) in [7, 11) is 0. The average Bonchev–Trinajstić information content (AvgIpc) is 2.38. The number of nitrogens with zero attached hydrogens (tertiary/aromatic N) is 1. The van der Waals surface area contributed by atoms with Crippen molar-refractivity contribution in [3.8, 4) is 0 Å². The van der Waals surface area contributed by atoms with Gasteiger partial charge in [-0.15, -0.1) is 11.8 Å². The van der Waals surface area contributed by atoms with E-state index in [4.69, 9.17) is 0 Å². The van der Waals surface area contributed by atoms with E-state index in [9.17, 15) is 4.79 Å². The molecule has 4 heteroatoms. The van der Waals surface area contributed by atoms with E-state index in [-0.39, 0.29) is 5.56 Å². The normalized spacial score (nSPS) is 11.0. The van der Waals surface area contributed by atoms with Gasteiger partial charge in [0.05, 0.1) is 5.69 Å². The monoisotopic (exact) mass is 258 g/mol. The first kappa shape index (κ1) is 12.6. The third-order valence-electron chi connectivity index (χ3n) is 2.59. The van der Waals surface area contributed by atoms with Crippen molar-refractivity contribution >= 4 is 23.9 Å². The molecule has 0 radical (unpaired) electrons. The second-order valence-electron chi connectivity index (χ2n) is 3.91. The van der Waals surface area contributed by atoms with Crippen LogP contribution in [0.3, 0.4) is 0 Å². The van der Waals surface area contributed by atoms with E-state index in [2.05, 4.69) is 40.7 Å². The van der Waals surface area contributed by atoms with Gasteiger partial charge in [0.1, 0.15) is 0 Å². The third kappa shape index (κ3) is 3.11. The molecule has 0 aliphatic rings. The molecule has 0 aliphatic heterocycles. The zero-order valence-corrected chi connectivity index (χ0v) is 11.1. The van der Waals surface area contributed by atoms with E-state index in [0.717, 1.165) is 16.8 Å². The Kier molecular flexibility index (Phi) is 3.99. The van der Waals surface area contributed by atoms with Crippen molar-refractivity contribution in [3.63, 3.8) is 0 Å². The Morgan fingerprint density at radius 1 is 1.22 bits per heavy atom. The van der Waals surface area contributed by atoms with Gasteiger partial charge in [0.15, 0.2) is 0 Å². The van der Waals surface area contributed by atoms with Crippen molar-refractivity contribution in [2.75, 3.05) is 6.26 Å². The lowest BCUT2D eigenvalue weighted by Crippen LogP contribution is -2.08. The molecule has 0 spiro atoms. The molecule has 0 fully saturated rings. The Labute approximate surface area is 110 Å². The van der Waals surface area contributed by atoms with Gasteiger partial charge in [0.2, 0.25) is 0 Å². The summed E-state index contributed by atoms with van der Waals surface area (Å²) < 4.78 is 0. The van der Waals surface area contributed by atoms with Crippen LogP contribution in [0.15, 0.2) is 40.0 Å². The lowest BCUT2D eigenvalue weighted by Gasteiger charge is -1.98. The largest absolute Gasteiger partial charge is 0.268 e. The highest BCUT2D eigenvalue weighted by Crippen LogP contribution is 2.16. The van der Waals surface area contributed by atoms with Gasteiger partial charge in [-0.25, -0.2) is 5.10 Å². The van der Waals surface area contributed by atoms with E-state index in [0.29, 0.717) is 0 Å². The summed E-state index contributed by atoms with van der Waals surface area (Å²) in [5.41, 5.74) is 2.59. The molecule has 0 saturated heterocycles. The van der Waals surface area contributed by atoms with Crippen LogP contribution in [-0.2, 0) is 0 Å². The van der Waals surface area contributed by atoms with Crippen LogP contribution in [0.2, 0.25) is 0 Å². The topological polar surface area (TPSA) is 45.8 Å². The van der Waals surface area contributed by atoms with Gasteiger partial charge in [-0.05, 0) is 42.5 Å². The Morgan fingerprint density at radius 2 is 1.94 bits per heavy atom. The predicted molar refractivity (Wildman–Crippen MR) is 76.7 cm³/mol. The van der Waals surface area contributed by atoms with E-state index in [1.807, 2.05) is 19.1 Å². The van der Waals surface area contributed by atoms with Gasteiger partial charge < -0.3 is 0 Å². The standard InChI is InChI=1S/C14H14N2OS/c1-10-9-14(17)16-15-13(10)8-5-11-3-6-12(18-2)7-4-11/h3-9H,1-2H3,(H,16,17). The highest BCUT2D eigenvalue weighted by molar-refractivity contribution is 7.98. The van der Waals surface area contributed by atoms with Gasteiger partial charge in [-0.2, -0.15) is 5.10 Å². The van der Waals surface area contributed by atoms with Gasteiger partial charge >= 0.3 is 0 Å². The molecule has 0 atom stereocenters. The fourth-order valence-corrected chi connectivity index (χ4v) is 1.97. The summed E-state index contributed by atoms with van der Waals surface area (Å²) in [4.78, 5) is 12.3. The van der Waals surface area contributed by atoms with E-state index in [1.165, 1.54) is 4.90 Å². The quantitative estimate of drug-likeness (QED) is 0.861. The molecule has 3 nitrogen and oxygen atoms in total. The molecule has 92 valence electrons. The predicted octanol–water partition coefficient (Wildman–Crippen LogP) is 2.97. The molecule has 0 unspecified atom stereocenters. The third-order valence-corrected chi connectivity index (χ3v) is 3.33. The van der Waals surface area contributed by atoms with Crippen molar-refractivity contribution in [1.29, 1.82) is 0 Å². The molecule has 1 aromatic carbocycles. The summed E-state index contributed by atoms with van der Waals surface area (Å²) >= 11 is 1.72. The van der Waals surface area contributed by atoms with Crippen LogP contribution in [0.25, 0.3) is 12.2 Å². The number of aromatic nitrogens is 2. The van der Waals surface area contributed by atoms with E-state index in [1.54, 1.807) is 17.8 Å².